The molecule has 1 aliphatic rings. The monoisotopic (exact) mass is 410 g/mol. The van der Waals surface area contributed by atoms with Gasteiger partial charge in [-0.05, 0) is 72.9 Å². The number of nitrogens with zero attached hydrogens (tertiary/aromatic N) is 1. The highest BCUT2D eigenvalue weighted by Gasteiger charge is 2.17. The summed E-state index contributed by atoms with van der Waals surface area (Å²) in [5.41, 5.74) is 0. The van der Waals surface area contributed by atoms with Crippen LogP contribution in [0, 0.1) is 5.92 Å². The van der Waals surface area contributed by atoms with Crippen molar-refractivity contribution in [1.29, 1.82) is 0 Å². The van der Waals surface area contributed by atoms with Gasteiger partial charge in [-0.15, -0.1) is 12.4 Å². The van der Waals surface area contributed by atoms with Crippen molar-refractivity contribution in [3.63, 3.8) is 0 Å². The van der Waals surface area contributed by atoms with Crippen LogP contribution in [0.15, 0.2) is 33.6 Å². The number of hydrogen-bond acceptors (Lipinski definition) is 3. The Bertz CT molecular complexity index is 560. The van der Waals surface area contributed by atoms with Gasteiger partial charge in [0.2, 0.25) is 10.0 Å². The molecule has 1 saturated heterocycles. The van der Waals surface area contributed by atoms with Crippen LogP contribution in [0.5, 0.6) is 0 Å². The van der Waals surface area contributed by atoms with Crippen molar-refractivity contribution < 1.29 is 8.42 Å². The van der Waals surface area contributed by atoms with Crippen LogP contribution in [-0.4, -0.2) is 39.5 Å². The molecule has 0 atom stereocenters. The van der Waals surface area contributed by atoms with Gasteiger partial charge in [0, 0.05) is 11.0 Å². The van der Waals surface area contributed by atoms with Crippen molar-refractivity contribution in [2.24, 2.45) is 5.92 Å². The lowest BCUT2D eigenvalue weighted by atomic mass is 9.99. The summed E-state index contributed by atoms with van der Waals surface area (Å²) in [6, 6.07) is 6.89. The first-order valence-electron chi connectivity index (χ1n) is 7.45. The number of nitrogens with one attached hydrogen (secondary N) is 1. The van der Waals surface area contributed by atoms with Crippen molar-refractivity contribution in [2.45, 2.75) is 31.1 Å². The van der Waals surface area contributed by atoms with Crippen molar-refractivity contribution in [2.75, 3.05) is 26.2 Å². The van der Waals surface area contributed by atoms with E-state index < -0.39 is 10.0 Å². The molecule has 1 fully saturated rings. The molecule has 7 heteroatoms. The summed E-state index contributed by atoms with van der Waals surface area (Å²) >= 11 is 3.28. The van der Waals surface area contributed by atoms with Gasteiger partial charge in [-0.2, -0.15) is 0 Å². The summed E-state index contributed by atoms with van der Waals surface area (Å²) in [5, 5.41) is 0. The molecule has 0 radical (unpaired) electrons. The minimum absolute atomic E-state index is 0. The smallest absolute Gasteiger partial charge is 0.241 e. The second-order valence-corrected chi connectivity index (χ2v) is 8.30. The lowest BCUT2D eigenvalue weighted by Gasteiger charge is -2.30. The average molecular weight is 412 g/mol. The second-order valence-electron chi connectivity index (χ2n) is 5.71. The van der Waals surface area contributed by atoms with Crippen LogP contribution in [0.25, 0.3) is 0 Å². The SMILES string of the molecule is CC1CCN(CCCNS(=O)(=O)c2ccccc2Br)CC1.Cl. The third-order valence-corrected chi connectivity index (χ3v) is 6.42. The van der Waals surface area contributed by atoms with E-state index in [1.165, 1.54) is 12.8 Å². The minimum atomic E-state index is -3.42. The van der Waals surface area contributed by atoms with E-state index in [4.69, 9.17) is 0 Å². The number of piperidine rings is 1. The first kappa shape index (κ1) is 19.9. The molecule has 0 aliphatic carbocycles. The normalized spacial score (nSPS) is 17.2. The first-order chi connectivity index (χ1) is 9.99. The first-order valence-corrected chi connectivity index (χ1v) is 9.73. The van der Waals surface area contributed by atoms with E-state index in [1.807, 2.05) is 0 Å². The Labute approximate surface area is 148 Å². The molecular formula is C15H24BrClN2O2S. The molecule has 0 amide bonds. The van der Waals surface area contributed by atoms with E-state index in [1.54, 1.807) is 24.3 Å². The van der Waals surface area contributed by atoms with E-state index >= 15 is 0 Å². The number of benzene rings is 1. The Morgan fingerprint density at radius 1 is 1.27 bits per heavy atom. The lowest BCUT2D eigenvalue weighted by molar-refractivity contribution is 0.191. The zero-order chi connectivity index (χ0) is 15.3. The predicted molar refractivity (Wildman–Crippen MR) is 96.0 cm³/mol. The maximum absolute atomic E-state index is 12.2. The fraction of sp³-hybridized carbons (Fsp3) is 0.600. The third kappa shape index (κ3) is 5.81. The van der Waals surface area contributed by atoms with Gasteiger partial charge in [0.15, 0.2) is 0 Å². The zero-order valence-corrected chi connectivity index (χ0v) is 16.0. The summed E-state index contributed by atoms with van der Waals surface area (Å²) in [5.74, 6) is 0.829. The van der Waals surface area contributed by atoms with Gasteiger partial charge in [-0.1, -0.05) is 19.1 Å². The van der Waals surface area contributed by atoms with E-state index in [0.29, 0.717) is 15.9 Å². The Hall–Kier alpha value is -0.140. The molecule has 1 heterocycles. The number of halogens is 2. The molecule has 0 bridgehead atoms. The summed E-state index contributed by atoms with van der Waals surface area (Å²) in [6.07, 6.45) is 3.35. The molecule has 1 aliphatic heterocycles. The number of rotatable bonds is 6. The molecule has 1 aromatic rings. The van der Waals surface area contributed by atoms with Gasteiger partial charge < -0.3 is 4.90 Å². The van der Waals surface area contributed by atoms with Gasteiger partial charge in [0.1, 0.15) is 0 Å². The molecule has 2 rings (SSSR count). The Balaban J connectivity index is 0.00000242. The van der Waals surface area contributed by atoms with Crippen LogP contribution in [0.4, 0.5) is 0 Å². The number of sulfonamides is 1. The van der Waals surface area contributed by atoms with Crippen LogP contribution in [0.1, 0.15) is 26.2 Å². The molecular weight excluding hydrogens is 388 g/mol. The largest absolute Gasteiger partial charge is 0.303 e. The van der Waals surface area contributed by atoms with Crippen LogP contribution < -0.4 is 4.72 Å². The Morgan fingerprint density at radius 2 is 1.91 bits per heavy atom. The summed E-state index contributed by atoms with van der Waals surface area (Å²) < 4.78 is 27.7. The number of hydrogen-bond donors (Lipinski definition) is 1. The van der Waals surface area contributed by atoms with Gasteiger partial charge in [-0.25, -0.2) is 13.1 Å². The van der Waals surface area contributed by atoms with Crippen molar-refractivity contribution in [1.82, 2.24) is 9.62 Å². The van der Waals surface area contributed by atoms with Gasteiger partial charge in [0.05, 0.1) is 4.90 Å². The van der Waals surface area contributed by atoms with Crippen LogP contribution >= 0.6 is 28.3 Å². The van der Waals surface area contributed by atoms with E-state index in [-0.39, 0.29) is 12.4 Å². The molecule has 0 aromatic heterocycles. The highest BCUT2D eigenvalue weighted by atomic mass is 79.9. The zero-order valence-electron chi connectivity index (χ0n) is 12.8. The average Bonchev–Trinajstić information content (AvgIpc) is 2.46. The fourth-order valence-electron chi connectivity index (χ4n) is 2.54. The Morgan fingerprint density at radius 3 is 2.55 bits per heavy atom. The maximum atomic E-state index is 12.2. The third-order valence-electron chi connectivity index (χ3n) is 3.95. The van der Waals surface area contributed by atoms with Crippen LogP contribution in [0.3, 0.4) is 0 Å². The molecule has 1 N–H and O–H groups in total. The van der Waals surface area contributed by atoms with Crippen molar-refractivity contribution in [3.8, 4) is 0 Å². The molecule has 0 unspecified atom stereocenters. The quantitative estimate of drug-likeness (QED) is 0.731. The van der Waals surface area contributed by atoms with E-state index in [9.17, 15) is 8.42 Å². The number of likely N-dealkylation sites (tertiary alicyclic amines) is 1. The van der Waals surface area contributed by atoms with Crippen LogP contribution in [0.2, 0.25) is 0 Å². The molecule has 0 spiro atoms. The fourth-order valence-corrected chi connectivity index (χ4v) is 4.61. The molecule has 22 heavy (non-hydrogen) atoms. The van der Waals surface area contributed by atoms with Crippen LogP contribution in [-0.2, 0) is 10.0 Å². The highest BCUT2D eigenvalue weighted by Crippen LogP contribution is 2.20. The highest BCUT2D eigenvalue weighted by molar-refractivity contribution is 9.10. The van der Waals surface area contributed by atoms with Gasteiger partial charge in [0.25, 0.3) is 0 Å². The summed E-state index contributed by atoms with van der Waals surface area (Å²) in [4.78, 5) is 2.73. The Kier molecular flexibility index (Phi) is 8.35. The second kappa shape index (κ2) is 9.23. The van der Waals surface area contributed by atoms with Gasteiger partial charge >= 0.3 is 0 Å². The topological polar surface area (TPSA) is 49.4 Å². The molecule has 4 nitrogen and oxygen atoms in total. The minimum Gasteiger partial charge on any atom is -0.303 e. The van der Waals surface area contributed by atoms with Gasteiger partial charge in [-0.3, -0.25) is 0 Å². The van der Waals surface area contributed by atoms with E-state index in [2.05, 4.69) is 32.5 Å². The predicted octanol–water partition coefficient (Wildman–Crippen LogP) is 3.27. The standard InChI is InChI=1S/C15H23BrN2O2S.ClH/c1-13-7-11-18(12-8-13)10-4-9-17-21(19,20)15-6-3-2-5-14(15)16;/h2-3,5-6,13,17H,4,7-12H2,1H3;1H. The summed E-state index contributed by atoms with van der Waals surface area (Å²) in [7, 11) is -3.42. The molecule has 1 aromatic carbocycles. The maximum Gasteiger partial charge on any atom is 0.241 e. The molecule has 126 valence electrons. The van der Waals surface area contributed by atoms with Crippen molar-refractivity contribution >= 4 is 38.4 Å². The molecule has 0 saturated carbocycles. The van der Waals surface area contributed by atoms with Crippen molar-refractivity contribution in [3.05, 3.63) is 28.7 Å². The summed E-state index contributed by atoms with van der Waals surface area (Å²) in [6.45, 7) is 6.01. The lowest BCUT2D eigenvalue weighted by Crippen LogP contribution is -2.35. The van der Waals surface area contributed by atoms with E-state index in [0.717, 1.165) is 32.0 Å².